The Morgan fingerprint density at radius 3 is 2.86 bits per heavy atom. The summed E-state index contributed by atoms with van der Waals surface area (Å²) in [4.78, 5) is 10.9. The number of alkyl halides is 3. The van der Waals surface area contributed by atoms with Gasteiger partial charge in [0.25, 0.3) is 0 Å². The fourth-order valence-electron chi connectivity index (χ4n) is 1.25. The number of hydrogen-bond acceptors (Lipinski definition) is 3. The highest BCUT2D eigenvalue weighted by Gasteiger charge is 2.32. The van der Waals surface area contributed by atoms with Crippen LogP contribution in [-0.4, -0.2) is 31.8 Å². The SMILES string of the molecule is COC(=O)C1C=C(CC(F)(F)F)CN1. The zero-order valence-electron chi connectivity index (χ0n) is 7.52. The second-order valence-corrected chi connectivity index (χ2v) is 3.00. The van der Waals surface area contributed by atoms with Gasteiger partial charge in [0.05, 0.1) is 13.5 Å². The molecule has 1 rings (SSSR count). The quantitative estimate of drug-likeness (QED) is 0.545. The minimum absolute atomic E-state index is 0.0826. The van der Waals surface area contributed by atoms with E-state index in [9.17, 15) is 18.0 Å². The summed E-state index contributed by atoms with van der Waals surface area (Å²) in [6.07, 6.45) is -3.94. The largest absolute Gasteiger partial charge is 0.468 e. The Hall–Kier alpha value is -1.04. The number of carbonyl (C=O) groups is 1. The van der Waals surface area contributed by atoms with Gasteiger partial charge in [-0.15, -0.1) is 0 Å². The van der Waals surface area contributed by atoms with Gasteiger partial charge in [-0.05, 0) is 5.57 Å². The van der Waals surface area contributed by atoms with E-state index in [0.29, 0.717) is 0 Å². The van der Waals surface area contributed by atoms with E-state index in [1.807, 2.05) is 0 Å². The predicted octanol–water partition coefficient (Wildman–Crippen LogP) is 1.01. The smallest absolute Gasteiger partial charge is 0.392 e. The van der Waals surface area contributed by atoms with Crippen molar-refractivity contribution in [3.05, 3.63) is 11.6 Å². The van der Waals surface area contributed by atoms with Crippen molar-refractivity contribution in [2.75, 3.05) is 13.7 Å². The normalized spacial score (nSPS) is 22.0. The molecule has 0 bridgehead atoms. The minimum Gasteiger partial charge on any atom is -0.468 e. The van der Waals surface area contributed by atoms with E-state index in [-0.39, 0.29) is 12.1 Å². The fourth-order valence-corrected chi connectivity index (χ4v) is 1.25. The van der Waals surface area contributed by atoms with Crippen LogP contribution in [0.15, 0.2) is 11.6 Å². The van der Waals surface area contributed by atoms with Gasteiger partial charge in [0, 0.05) is 6.54 Å². The molecule has 1 unspecified atom stereocenters. The summed E-state index contributed by atoms with van der Waals surface area (Å²) in [6.45, 7) is 0.0826. The molecule has 3 nitrogen and oxygen atoms in total. The molecule has 0 amide bonds. The van der Waals surface area contributed by atoms with Crippen molar-refractivity contribution in [2.24, 2.45) is 0 Å². The molecule has 1 aliphatic heterocycles. The van der Waals surface area contributed by atoms with Crippen LogP contribution < -0.4 is 5.32 Å². The summed E-state index contributed by atoms with van der Waals surface area (Å²) in [5.41, 5.74) is 0.174. The van der Waals surface area contributed by atoms with Gasteiger partial charge in [-0.3, -0.25) is 10.1 Å². The van der Waals surface area contributed by atoms with Crippen molar-refractivity contribution >= 4 is 5.97 Å². The second-order valence-electron chi connectivity index (χ2n) is 3.00. The van der Waals surface area contributed by atoms with Crippen LogP contribution in [0.3, 0.4) is 0 Å². The maximum absolute atomic E-state index is 11.9. The van der Waals surface area contributed by atoms with Gasteiger partial charge in [-0.2, -0.15) is 13.2 Å². The molecular formula is C8H10F3NO2. The van der Waals surface area contributed by atoms with E-state index >= 15 is 0 Å². The Morgan fingerprint density at radius 1 is 1.71 bits per heavy atom. The second kappa shape index (κ2) is 4.00. The van der Waals surface area contributed by atoms with Gasteiger partial charge in [0.2, 0.25) is 0 Å². The van der Waals surface area contributed by atoms with Crippen molar-refractivity contribution in [1.29, 1.82) is 0 Å². The van der Waals surface area contributed by atoms with E-state index < -0.39 is 24.6 Å². The predicted molar refractivity (Wildman–Crippen MR) is 42.6 cm³/mol. The van der Waals surface area contributed by atoms with Gasteiger partial charge < -0.3 is 4.74 Å². The van der Waals surface area contributed by atoms with E-state index in [1.54, 1.807) is 0 Å². The molecular weight excluding hydrogens is 199 g/mol. The molecule has 0 saturated carbocycles. The third-order valence-electron chi connectivity index (χ3n) is 1.83. The topological polar surface area (TPSA) is 38.3 Å². The molecule has 0 aromatic rings. The molecule has 0 fully saturated rings. The highest BCUT2D eigenvalue weighted by Crippen LogP contribution is 2.26. The Balaban J connectivity index is 2.55. The number of rotatable bonds is 2. The lowest BCUT2D eigenvalue weighted by Crippen LogP contribution is -2.31. The van der Waals surface area contributed by atoms with Crippen molar-refractivity contribution < 1.29 is 22.7 Å². The monoisotopic (exact) mass is 209 g/mol. The van der Waals surface area contributed by atoms with E-state index in [1.165, 1.54) is 13.2 Å². The molecule has 0 saturated heterocycles. The molecule has 1 N–H and O–H groups in total. The number of hydrogen-bond donors (Lipinski definition) is 1. The van der Waals surface area contributed by atoms with Crippen molar-refractivity contribution in [2.45, 2.75) is 18.6 Å². The molecule has 0 aliphatic carbocycles. The number of nitrogens with one attached hydrogen (secondary N) is 1. The van der Waals surface area contributed by atoms with E-state index in [4.69, 9.17) is 0 Å². The number of esters is 1. The minimum atomic E-state index is -4.22. The Labute approximate surface area is 78.9 Å². The molecule has 0 spiro atoms. The number of methoxy groups -OCH3 is 1. The first-order valence-electron chi connectivity index (χ1n) is 4.00. The third kappa shape index (κ3) is 3.02. The molecule has 1 atom stereocenters. The van der Waals surface area contributed by atoms with Crippen LogP contribution in [0, 0.1) is 0 Å². The van der Waals surface area contributed by atoms with Crippen LogP contribution in [0.4, 0.5) is 13.2 Å². The summed E-state index contributed by atoms with van der Waals surface area (Å²) in [7, 11) is 1.19. The van der Waals surface area contributed by atoms with Crippen molar-refractivity contribution in [3.8, 4) is 0 Å². The first-order valence-corrected chi connectivity index (χ1v) is 4.00. The molecule has 80 valence electrons. The van der Waals surface area contributed by atoms with Gasteiger partial charge in [0.15, 0.2) is 0 Å². The Kier molecular flexibility index (Phi) is 3.15. The van der Waals surface area contributed by atoms with Crippen molar-refractivity contribution in [3.63, 3.8) is 0 Å². The van der Waals surface area contributed by atoms with Gasteiger partial charge in [-0.1, -0.05) is 6.08 Å². The molecule has 6 heteroatoms. The Morgan fingerprint density at radius 2 is 2.36 bits per heavy atom. The first-order chi connectivity index (χ1) is 6.42. The maximum Gasteiger partial charge on any atom is 0.392 e. The van der Waals surface area contributed by atoms with Gasteiger partial charge >= 0.3 is 12.1 Å². The number of carbonyl (C=O) groups excluding carboxylic acids is 1. The lowest BCUT2D eigenvalue weighted by atomic mass is 10.2. The third-order valence-corrected chi connectivity index (χ3v) is 1.83. The summed E-state index contributed by atoms with van der Waals surface area (Å²) in [5.74, 6) is -0.567. The lowest BCUT2D eigenvalue weighted by molar-refractivity contribution is -0.141. The molecule has 1 heterocycles. The van der Waals surface area contributed by atoms with Gasteiger partial charge in [-0.25, -0.2) is 0 Å². The summed E-state index contributed by atoms with van der Waals surface area (Å²) in [6, 6.07) is -0.739. The van der Waals surface area contributed by atoms with Gasteiger partial charge in [0.1, 0.15) is 6.04 Å². The zero-order valence-corrected chi connectivity index (χ0v) is 7.52. The van der Waals surface area contributed by atoms with Crippen LogP contribution >= 0.6 is 0 Å². The number of halogens is 3. The molecule has 14 heavy (non-hydrogen) atoms. The molecule has 0 aromatic heterocycles. The molecule has 0 radical (unpaired) electrons. The average molecular weight is 209 g/mol. The number of ether oxygens (including phenoxy) is 1. The summed E-state index contributed by atoms with van der Waals surface area (Å²) in [5, 5.41) is 2.61. The first kappa shape index (κ1) is 11.0. The van der Waals surface area contributed by atoms with Crippen LogP contribution in [-0.2, 0) is 9.53 Å². The molecule has 1 aliphatic rings. The highest BCUT2D eigenvalue weighted by molar-refractivity contribution is 5.78. The van der Waals surface area contributed by atoms with E-state index in [0.717, 1.165) is 0 Å². The van der Waals surface area contributed by atoms with E-state index in [2.05, 4.69) is 10.1 Å². The van der Waals surface area contributed by atoms with Crippen LogP contribution in [0.25, 0.3) is 0 Å². The summed E-state index contributed by atoms with van der Waals surface area (Å²) < 4.78 is 40.2. The fraction of sp³-hybridized carbons (Fsp3) is 0.625. The van der Waals surface area contributed by atoms with Crippen LogP contribution in [0.1, 0.15) is 6.42 Å². The summed E-state index contributed by atoms with van der Waals surface area (Å²) >= 11 is 0. The Bertz CT molecular complexity index is 260. The maximum atomic E-state index is 11.9. The average Bonchev–Trinajstić information content (AvgIpc) is 2.48. The van der Waals surface area contributed by atoms with Crippen molar-refractivity contribution in [1.82, 2.24) is 5.32 Å². The lowest BCUT2D eigenvalue weighted by Gasteiger charge is -2.05. The standard InChI is InChI=1S/C8H10F3NO2/c1-14-7(13)6-2-5(4-12-6)3-8(9,10)11/h2,6,12H,3-4H2,1H3. The van der Waals surface area contributed by atoms with Crippen LogP contribution in [0.5, 0.6) is 0 Å². The zero-order chi connectivity index (χ0) is 10.8. The highest BCUT2D eigenvalue weighted by atomic mass is 19.4. The molecule has 0 aromatic carbocycles. The van der Waals surface area contributed by atoms with Crippen LogP contribution in [0.2, 0.25) is 0 Å².